The van der Waals surface area contributed by atoms with Crippen molar-refractivity contribution >= 4 is 0 Å². The van der Waals surface area contributed by atoms with E-state index in [0.717, 1.165) is 18.1 Å². The predicted molar refractivity (Wildman–Crippen MR) is 67.7 cm³/mol. The number of benzene rings is 1. The monoisotopic (exact) mass is 253 g/mol. The average molecular weight is 253 g/mol. The molecule has 1 aliphatic rings. The lowest BCUT2D eigenvalue weighted by Crippen LogP contribution is -2.30. The zero-order valence-electron chi connectivity index (χ0n) is 10.4. The first kappa shape index (κ1) is 13.5. The summed E-state index contributed by atoms with van der Waals surface area (Å²) < 4.78 is 18.1. The Kier molecular flexibility index (Phi) is 5.11. The summed E-state index contributed by atoms with van der Waals surface area (Å²) in [4.78, 5) is 0. The van der Waals surface area contributed by atoms with Crippen LogP contribution < -0.4 is 5.32 Å². The Morgan fingerprint density at radius 2 is 2.06 bits per heavy atom. The van der Waals surface area contributed by atoms with Crippen molar-refractivity contribution in [3.8, 4) is 0 Å². The molecule has 0 amide bonds. The standard InChI is InChI=1S/C14H20FNO2/c15-13-5-3-11(4-6-13)7-16-8-14(17)10-18-9-12-1-2-12/h3-6,12,14,16-17H,1-2,7-10H2. The Hall–Kier alpha value is -0.970. The van der Waals surface area contributed by atoms with Gasteiger partial charge in [0.2, 0.25) is 0 Å². The lowest BCUT2D eigenvalue weighted by Gasteiger charge is -2.12. The molecule has 1 saturated carbocycles. The minimum Gasteiger partial charge on any atom is -0.389 e. The van der Waals surface area contributed by atoms with Gasteiger partial charge >= 0.3 is 0 Å². The van der Waals surface area contributed by atoms with Gasteiger partial charge in [0.15, 0.2) is 0 Å². The van der Waals surface area contributed by atoms with Crippen LogP contribution in [-0.2, 0) is 11.3 Å². The minimum atomic E-state index is -0.482. The van der Waals surface area contributed by atoms with Crippen molar-refractivity contribution in [1.29, 1.82) is 0 Å². The van der Waals surface area contributed by atoms with E-state index in [-0.39, 0.29) is 5.82 Å². The van der Waals surface area contributed by atoms with Crippen molar-refractivity contribution in [3.05, 3.63) is 35.6 Å². The van der Waals surface area contributed by atoms with E-state index in [9.17, 15) is 9.50 Å². The Bertz CT molecular complexity index is 351. The van der Waals surface area contributed by atoms with Gasteiger partial charge in [0, 0.05) is 19.7 Å². The highest BCUT2D eigenvalue weighted by molar-refractivity contribution is 5.15. The van der Waals surface area contributed by atoms with Crippen molar-refractivity contribution in [3.63, 3.8) is 0 Å². The summed E-state index contributed by atoms with van der Waals surface area (Å²) in [5.74, 6) is 0.497. The molecular formula is C14H20FNO2. The maximum atomic E-state index is 12.7. The van der Waals surface area contributed by atoms with E-state index in [0.29, 0.717) is 19.7 Å². The van der Waals surface area contributed by atoms with Gasteiger partial charge in [-0.05, 0) is 36.5 Å². The maximum absolute atomic E-state index is 12.7. The maximum Gasteiger partial charge on any atom is 0.123 e. The van der Waals surface area contributed by atoms with Gasteiger partial charge in [-0.25, -0.2) is 4.39 Å². The van der Waals surface area contributed by atoms with Gasteiger partial charge in [-0.1, -0.05) is 12.1 Å². The average Bonchev–Trinajstić information content (AvgIpc) is 3.16. The molecule has 1 aromatic carbocycles. The lowest BCUT2D eigenvalue weighted by atomic mass is 10.2. The highest BCUT2D eigenvalue weighted by Gasteiger charge is 2.21. The molecule has 0 saturated heterocycles. The van der Waals surface area contributed by atoms with Crippen LogP contribution in [0.4, 0.5) is 4.39 Å². The highest BCUT2D eigenvalue weighted by atomic mass is 19.1. The lowest BCUT2D eigenvalue weighted by molar-refractivity contribution is 0.0324. The van der Waals surface area contributed by atoms with Crippen LogP contribution in [0.1, 0.15) is 18.4 Å². The molecule has 0 radical (unpaired) electrons. The first-order valence-corrected chi connectivity index (χ1v) is 6.45. The normalized spacial score (nSPS) is 16.8. The molecule has 0 bridgehead atoms. The predicted octanol–water partition coefficient (Wildman–Crippen LogP) is 1.70. The number of aliphatic hydroxyl groups is 1. The van der Waals surface area contributed by atoms with E-state index in [1.165, 1.54) is 25.0 Å². The summed E-state index contributed by atoms with van der Waals surface area (Å²) in [6.45, 7) is 2.27. The first-order chi connectivity index (χ1) is 8.74. The molecule has 1 unspecified atom stereocenters. The molecule has 1 fully saturated rings. The van der Waals surface area contributed by atoms with Crippen molar-refractivity contribution in [1.82, 2.24) is 5.32 Å². The van der Waals surface area contributed by atoms with Crippen molar-refractivity contribution < 1.29 is 14.2 Å². The molecule has 0 heterocycles. The smallest absolute Gasteiger partial charge is 0.123 e. The molecule has 0 spiro atoms. The molecule has 2 N–H and O–H groups in total. The number of nitrogens with one attached hydrogen (secondary N) is 1. The largest absolute Gasteiger partial charge is 0.389 e. The van der Waals surface area contributed by atoms with E-state index in [2.05, 4.69) is 5.32 Å². The SMILES string of the molecule is OC(CNCc1ccc(F)cc1)COCC1CC1. The number of hydrogen-bond donors (Lipinski definition) is 2. The summed E-state index contributed by atoms with van der Waals surface area (Å²) >= 11 is 0. The summed E-state index contributed by atoms with van der Waals surface area (Å²) in [6.07, 6.45) is 2.04. The summed E-state index contributed by atoms with van der Waals surface area (Å²) in [7, 11) is 0. The Morgan fingerprint density at radius 3 is 2.72 bits per heavy atom. The number of halogens is 1. The molecule has 0 aliphatic heterocycles. The Morgan fingerprint density at radius 1 is 1.33 bits per heavy atom. The zero-order chi connectivity index (χ0) is 12.8. The first-order valence-electron chi connectivity index (χ1n) is 6.45. The second kappa shape index (κ2) is 6.83. The van der Waals surface area contributed by atoms with Crippen LogP contribution in [-0.4, -0.2) is 31.0 Å². The quantitative estimate of drug-likeness (QED) is 0.741. The Balaban J connectivity index is 1.54. The number of ether oxygens (including phenoxy) is 1. The van der Waals surface area contributed by atoms with Crippen LogP contribution in [0.3, 0.4) is 0 Å². The molecule has 18 heavy (non-hydrogen) atoms. The third-order valence-electron chi connectivity index (χ3n) is 2.98. The molecule has 4 heteroatoms. The fourth-order valence-corrected chi connectivity index (χ4v) is 1.70. The van der Waals surface area contributed by atoms with Crippen molar-refractivity contribution in [2.45, 2.75) is 25.5 Å². The number of hydrogen-bond acceptors (Lipinski definition) is 3. The van der Waals surface area contributed by atoms with E-state index >= 15 is 0 Å². The fraction of sp³-hybridized carbons (Fsp3) is 0.571. The van der Waals surface area contributed by atoms with E-state index in [4.69, 9.17) is 4.74 Å². The van der Waals surface area contributed by atoms with Crippen LogP contribution in [0.15, 0.2) is 24.3 Å². The van der Waals surface area contributed by atoms with Gasteiger partial charge in [-0.2, -0.15) is 0 Å². The molecule has 1 aromatic rings. The van der Waals surface area contributed by atoms with Crippen molar-refractivity contribution in [2.24, 2.45) is 5.92 Å². The van der Waals surface area contributed by atoms with Gasteiger partial charge in [-0.3, -0.25) is 0 Å². The molecule has 1 atom stereocenters. The van der Waals surface area contributed by atoms with Crippen LogP contribution in [0, 0.1) is 11.7 Å². The molecule has 1 aliphatic carbocycles. The van der Waals surface area contributed by atoms with Crippen LogP contribution in [0.5, 0.6) is 0 Å². The van der Waals surface area contributed by atoms with Gasteiger partial charge in [0.1, 0.15) is 5.82 Å². The molecule has 3 nitrogen and oxygen atoms in total. The van der Waals surface area contributed by atoms with Gasteiger partial charge in [0.25, 0.3) is 0 Å². The van der Waals surface area contributed by atoms with Crippen LogP contribution >= 0.6 is 0 Å². The van der Waals surface area contributed by atoms with Crippen LogP contribution in [0.2, 0.25) is 0 Å². The summed E-state index contributed by atoms with van der Waals surface area (Å²) in [5.41, 5.74) is 1.00. The fourth-order valence-electron chi connectivity index (χ4n) is 1.70. The zero-order valence-corrected chi connectivity index (χ0v) is 10.4. The topological polar surface area (TPSA) is 41.5 Å². The van der Waals surface area contributed by atoms with Gasteiger partial charge in [-0.15, -0.1) is 0 Å². The van der Waals surface area contributed by atoms with E-state index in [1.807, 2.05) is 0 Å². The summed E-state index contributed by atoms with van der Waals surface area (Å²) in [6, 6.07) is 6.34. The highest BCUT2D eigenvalue weighted by Crippen LogP contribution is 2.28. The molecule has 0 aromatic heterocycles. The van der Waals surface area contributed by atoms with E-state index < -0.39 is 6.10 Å². The van der Waals surface area contributed by atoms with Gasteiger partial charge < -0.3 is 15.2 Å². The third kappa shape index (κ3) is 5.12. The second-order valence-corrected chi connectivity index (χ2v) is 4.89. The molecule has 100 valence electrons. The molecular weight excluding hydrogens is 233 g/mol. The molecule has 2 rings (SSSR count). The number of rotatable bonds is 8. The summed E-state index contributed by atoms with van der Waals surface area (Å²) in [5, 5.41) is 12.8. The van der Waals surface area contributed by atoms with Crippen molar-refractivity contribution in [2.75, 3.05) is 19.8 Å². The number of aliphatic hydroxyl groups excluding tert-OH is 1. The van der Waals surface area contributed by atoms with Gasteiger partial charge in [0.05, 0.1) is 12.7 Å². The third-order valence-corrected chi connectivity index (χ3v) is 2.98. The van der Waals surface area contributed by atoms with Crippen LogP contribution in [0.25, 0.3) is 0 Å². The Labute approximate surface area is 107 Å². The second-order valence-electron chi connectivity index (χ2n) is 4.89. The minimum absolute atomic E-state index is 0.229. The van der Waals surface area contributed by atoms with E-state index in [1.54, 1.807) is 12.1 Å².